The van der Waals surface area contributed by atoms with Crippen LogP contribution in [0.2, 0.25) is 0 Å². The molecule has 0 atom stereocenters. The first kappa shape index (κ1) is 18.5. The zero-order valence-electron chi connectivity index (χ0n) is 14.0. The maximum atomic E-state index is 12.2. The summed E-state index contributed by atoms with van der Waals surface area (Å²) in [4.78, 5) is 39.8. The lowest BCUT2D eigenvalue weighted by Crippen LogP contribution is -2.29. The highest BCUT2D eigenvalue weighted by Gasteiger charge is 2.09. The standard InChI is InChI=1S/C17H16N4O5S/c18-27(25,26)12-4-1-10(2-5-12)7-8-19-15(22)11-3-6-13-14(9-11)21-17(24)16(23)20-13/h1-6,9H,7-8H2,(H,19,22)(H,20,23)(H,21,24)(H2,18,25,26). The third-order valence-corrected chi connectivity index (χ3v) is 4.86. The maximum Gasteiger partial charge on any atom is 0.314 e. The normalized spacial score (nSPS) is 11.4. The molecule has 0 unspecified atom stereocenters. The Hall–Kier alpha value is -3.24. The highest BCUT2D eigenvalue weighted by molar-refractivity contribution is 7.89. The highest BCUT2D eigenvalue weighted by Crippen LogP contribution is 2.10. The van der Waals surface area contributed by atoms with Crippen LogP contribution < -0.4 is 21.6 Å². The van der Waals surface area contributed by atoms with Crippen molar-refractivity contribution >= 4 is 27.0 Å². The minimum atomic E-state index is -3.73. The molecule has 9 nitrogen and oxygen atoms in total. The van der Waals surface area contributed by atoms with E-state index < -0.39 is 21.1 Å². The number of nitrogens with two attached hydrogens (primary N) is 1. The molecule has 0 fully saturated rings. The molecular weight excluding hydrogens is 372 g/mol. The number of rotatable bonds is 5. The number of primary sulfonamides is 1. The molecular formula is C17H16N4O5S. The summed E-state index contributed by atoms with van der Waals surface area (Å²) < 4.78 is 22.4. The molecule has 0 aliphatic rings. The van der Waals surface area contributed by atoms with Gasteiger partial charge in [0.25, 0.3) is 5.91 Å². The van der Waals surface area contributed by atoms with Crippen LogP contribution in [0.4, 0.5) is 0 Å². The zero-order valence-corrected chi connectivity index (χ0v) is 14.8. The summed E-state index contributed by atoms with van der Waals surface area (Å²) in [6, 6.07) is 10.6. The van der Waals surface area contributed by atoms with Crippen molar-refractivity contribution in [1.29, 1.82) is 0 Å². The van der Waals surface area contributed by atoms with Crippen molar-refractivity contribution in [2.45, 2.75) is 11.3 Å². The van der Waals surface area contributed by atoms with Gasteiger partial charge in [-0.3, -0.25) is 14.4 Å². The fraction of sp³-hybridized carbons (Fsp3) is 0.118. The first-order valence-electron chi connectivity index (χ1n) is 7.90. The molecule has 1 amide bonds. The van der Waals surface area contributed by atoms with E-state index in [1.807, 2.05) is 0 Å². The number of aromatic amines is 2. The lowest BCUT2D eigenvalue weighted by molar-refractivity contribution is 0.0954. The van der Waals surface area contributed by atoms with Gasteiger partial charge in [-0.2, -0.15) is 0 Å². The summed E-state index contributed by atoms with van der Waals surface area (Å²) in [5, 5.41) is 7.78. The van der Waals surface area contributed by atoms with Crippen LogP contribution in [0.15, 0.2) is 56.9 Å². The SMILES string of the molecule is NS(=O)(=O)c1ccc(CCNC(=O)c2ccc3[nH]c(=O)c(=O)[nH]c3c2)cc1. The number of aromatic nitrogens is 2. The van der Waals surface area contributed by atoms with Crippen LogP contribution >= 0.6 is 0 Å². The quantitative estimate of drug-likeness (QED) is 0.447. The van der Waals surface area contributed by atoms with E-state index in [0.29, 0.717) is 29.6 Å². The summed E-state index contributed by atoms with van der Waals surface area (Å²) in [7, 11) is -3.73. The Morgan fingerprint density at radius 1 is 0.963 bits per heavy atom. The minimum Gasteiger partial charge on any atom is -0.352 e. The van der Waals surface area contributed by atoms with E-state index in [4.69, 9.17) is 5.14 Å². The lowest BCUT2D eigenvalue weighted by atomic mass is 10.1. The van der Waals surface area contributed by atoms with Gasteiger partial charge in [0.05, 0.1) is 15.9 Å². The second kappa shape index (κ2) is 7.17. The predicted octanol–water partition coefficient (Wildman–Crippen LogP) is -0.164. The first-order chi connectivity index (χ1) is 12.7. The topological polar surface area (TPSA) is 155 Å². The minimum absolute atomic E-state index is 0.0264. The zero-order chi connectivity index (χ0) is 19.6. The third kappa shape index (κ3) is 4.30. The molecule has 0 radical (unpaired) electrons. The second-order valence-corrected chi connectivity index (χ2v) is 7.42. The fourth-order valence-corrected chi connectivity index (χ4v) is 3.04. The van der Waals surface area contributed by atoms with E-state index in [9.17, 15) is 22.8 Å². The molecule has 5 N–H and O–H groups in total. The Balaban J connectivity index is 1.65. The average Bonchev–Trinajstić information content (AvgIpc) is 2.62. The monoisotopic (exact) mass is 388 g/mol. The van der Waals surface area contributed by atoms with Crippen molar-refractivity contribution in [3.05, 3.63) is 74.3 Å². The number of nitrogens with one attached hydrogen (secondary N) is 3. The second-order valence-electron chi connectivity index (χ2n) is 5.86. The average molecular weight is 388 g/mol. The number of fused-ring (bicyclic) bond motifs is 1. The Kier molecular flexibility index (Phi) is 4.93. The van der Waals surface area contributed by atoms with Crippen molar-refractivity contribution in [3.63, 3.8) is 0 Å². The number of sulfonamides is 1. The molecule has 3 aromatic rings. The Bertz CT molecular complexity index is 1230. The smallest absolute Gasteiger partial charge is 0.314 e. The molecule has 0 saturated carbocycles. The van der Waals surface area contributed by atoms with Crippen LogP contribution in [0.5, 0.6) is 0 Å². The van der Waals surface area contributed by atoms with E-state index in [2.05, 4.69) is 15.3 Å². The molecule has 0 saturated heterocycles. The van der Waals surface area contributed by atoms with E-state index in [1.54, 1.807) is 12.1 Å². The van der Waals surface area contributed by atoms with E-state index in [0.717, 1.165) is 5.56 Å². The van der Waals surface area contributed by atoms with Crippen molar-refractivity contribution in [3.8, 4) is 0 Å². The molecule has 0 aliphatic heterocycles. The molecule has 140 valence electrons. The van der Waals surface area contributed by atoms with Gasteiger partial charge in [0.1, 0.15) is 0 Å². The van der Waals surface area contributed by atoms with Gasteiger partial charge in [-0.15, -0.1) is 0 Å². The molecule has 3 rings (SSSR count). The number of H-pyrrole nitrogens is 2. The summed E-state index contributed by atoms with van der Waals surface area (Å²) in [6.07, 6.45) is 0.494. The van der Waals surface area contributed by atoms with Gasteiger partial charge >= 0.3 is 11.1 Å². The molecule has 2 aromatic carbocycles. The lowest BCUT2D eigenvalue weighted by Gasteiger charge is -2.07. The summed E-state index contributed by atoms with van der Waals surface area (Å²) >= 11 is 0. The number of carbonyl (C=O) groups excluding carboxylic acids is 1. The fourth-order valence-electron chi connectivity index (χ4n) is 2.52. The molecule has 0 spiro atoms. The molecule has 10 heteroatoms. The predicted molar refractivity (Wildman–Crippen MR) is 99.0 cm³/mol. The van der Waals surface area contributed by atoms with Gasteiger partial charge in [-0.1, -0.05) is 12.1 Å². The number of hydrogen-bond acceptors (Lipinski definition) is 5. The summed E-state index contributed by atoms with van der Waals surface area (Å²) in [5.74, 6) is -0.342. The van der Waals surface area contributed by atoms with Crippen LogP contribution in [0, 0.1) is 0 Å². The van der Waals surface area contributed by atoms with Crippen LogP contribution in [-0.4, -0.2) is 30.8 Å². The summed E-state index contributed by atoms with van der Waals surface area (Å²) in [5.41, 5.74) is 0.394. The van der Waals surface area contributed by atoms with E-state index >= 15 is 0 Å². The number of benzene rings is 2. The molecule has 1 heterocycles. The molecule has 1 aromatic heterocycles. The first-order valence-corrected chi connectivity index (χ1v) is 9.45. The Labute approximate surface area is 153 Å². The summed E-state index contributed by atoms with van der Waals surface area (Å²) in [6.45, 7) is 0.327. The van der Waals surface area contributed by atoms with Crippen LogP contribution in [-0.2, 0) is 16.4 Å². The van der Waals surface area contributed by atoms with Gasteiger partial charge < -0.3 is 15.3 Å². The van der Waals surface area contributed by atoms with Gasteiger partial charge in [-0.05, 0) is 42.3 Å². The van der Waals surface area contributed by atoms with Crippen LogP contribution in [0.1, 0.15) is 15.9 Å². The van der Waals surface area contributed by atoms with E-state index in [-0.39, 0.29) is 10.8 Å². The molecule has 0 aliphatic carbocycles. The number of carbonyl (C=O) groups is 1. The Morgan fingerprint density at radius 2 is 1.59 bits per heavy atom. The van der Waals surface area contributed by atoms with Crippen molar-refractivity contribution in [1.82, 2.24) is 15.3 Å². The Morgan fingerprint density at radius 3 is 2.22 bits per heavy atom. The third-order valence-electron chi connectivity index (χ3n) is 3.94. The van der Waals surface area contributed by atoms with Gasteiger partial charge in [0.2, 0.25) is 10.0 Å². The largest absolute Gasteiger partial charge is 0.352 e. The molecule has 0 bridgehead atoms. The van der Waals surface area contributed by atoms with E-state index in [1.165, 1.54) is 30.3 Å². The maximum absolute atomic E-state index is 12.2. The van der Waals surface area contributed by atoms with Gasteiger partial charge in [-0.25, -0.2) is 13.6 Å². The highest BCUT2D eigenvalue weighted by atomic mass is 32.2. The van der Waals surface area contributed by atoms with Crippen molar-refractivity contribution in [2.75, 3.05) is 6.54 Å². The van der Waals surface area contributed by atoms with Gasteiger partial charge in [0, 0.05) is 12.1 Å². The number of amides is 1. The molecule has 27 heavy (non-hydrogen) atoms. The van der Waals surface area contributed by atoms with Crippen LogP contribution in [0.25, 0.3) is 11.0 Å². The van der Waals surface area contributed by atoms with Gasteiger partial charge in [0.15, 0.2) is 0 Å². The number of hydrogen-bond donors (Lipinski definition) is 4. The van der Waals surface area contributed by atoms with Crippen molar-refractivity contribution in [2.24, 2.45) is 5.14 Å². The van der Waals surface area contributed by atoms with Crippen molar-refractivity contribution < 1.29 is 13.2 Å². The van der Waals surface area contributed by atoms with Crippen LogP contribution in [0.3, 0.4) is 0 Å².